The van der Waals surface area contributed by atoms with E-state index in [9.17, 15) is 4.79 Å². The molecule has 1 aromatic carbocycles. The number of hydrogen-bond acceptors (Lipinski definition) is 4. The first kappa shape index (κ1) is 16.1. The first-order valence-corrected chi connectivity index (χ1v) is 9.30. The van der Waals surface area contributed by atoms with Gasteiger partial charge in [-0.1, -0.05) is 12.1 Å². The molecule has 27 heavy (non-hydrogen) atoms. The number of carbonyl (C=O) groups excluding carboxylic acids is 1. The second-order valence-corrected chi connectivity index (χ2v) is 7.32. The molecular weight excluding hydrogens is 338 g/mol. The van der Waals surface area contributed by atoms with Crippen molar-refractivity contribution in [3.8, 4) is 5.69 Å². The predicted molar refractivity (Wildman–Crippen MR) is 103 cm³/mol. The van der Waals surface area contributed by atoms with E-state index < -0.39 is 0 Å². The maximum Gasteiger partial charge on any atom is 0.274 e. The fraction of sp³-hybridized carbons (Fsp3) is 0.286. The molecule has 2 aliphatic heterocycles. The number of amides is 1. The SMILES string of the molecule is Cc1cnc(C(=O)N2CCC3(CC2)Nc2ccccc2-n2cccc23)cn1. The van der Waals surface area contributed by atoms with Gasteiger partial charge in [-0.15, -0.1) is 0 Å². The molecule has 0 aliphatic carbocycles. The van der Waals surface area contributed by atoms with E-state index in [0.29, 0.717) is 18.8 Å². The van der Waals surface area contributed by atoms with E-state index in [-0.39, 0.29) is 11.4 Å². The number of aryl methyl sites for hydroxylation is 1. The number of rotatable bonds is 1. The van der Waals surface area contributed by atoms with Gasteiger partial charge in [0.15, 0.2) is 0 Å². The molecule has 2 aromatic heterocycles. The molecule has 2 aliphatic rings. The Bertz CT molecular complexity index is 999. The summed E-state index contributed by atoms with van der Waals surface area (Å²) in [5.41, 5.74) is 4.68. The molecule has 5 rings (SSSR count). The topological polar surface area (TPSA) is 63.1 Å². The Morgan fingerprint density at radius 3 is 2.67 bits per heavy atom. The van der Waals surface area contributed by atoms with Gasteiger partial charge in [-0.2, -0.15) is 0 Å². The van der Waals surface area contributed by atoms with E-state index >= 15 is 0 Å². The lowest BCUT2D eigenvalue weighted by molar-refractivity contribution is 0.0670. The van der Waals surface area contributed by atoms with Crippen LogP contribution in [-0.2, 0) is 5.54 Å². The van der Waals surface area contributed by atoms with Crippen LogP contribution in [0.1, 0.15) is 34.7 Å². The number of nitrogens with one attached hydrogen (secondary N) is 1. The number of hydrogen-bond donors (Lipinski definition) is 1. The Hall–Kier alpha value is -3.15. The summed E-state index contributed by atoms with van der Waals surface area (Å²) in [5.74, 6) is -0.0380. The monoisotopic (exact) mass is 359 g/mol. The maximum absolute atomic E-state index is 12.8. The second kappa shape index (κ2) is 5.94. The van der Waals surface area contributed by atoms with Crippen molar-refractivity contribution in [1.29, 1.82) is 0 Å². The van der Waals surface area contributed by atoms with Crippen LogP contribution in [0.15, 0.2) is 55.0 Å². The molecule has 1 saturated heterocycles. The maximum atomic E-state index is 12.8. The number of nitrogens with zero attached hydrogens (tertiary/aromatic N) is 4. The highest BCUT2D eigenvalue weighted by Gasteiger charge is 2.42. The summed E-state index contributed by atoms with van der Waals surface area (Å²) >= 11 is 0. The molecular formula is C21H21N5O. The summed E-state index contributed by atoms with van der Waals surface area (Å²) in [6, 6.07) is 12.7. The summed E-state index contributed by atoms with van der Waals surface area (Å²) in [4.78, 5) is 23.1. The fourth-order valence-corrected chi connectivity index (χ4v) is 4.23. The first-order chi connectivity index (χ1) is 13.2. The Morgan fingerprint density at radius 1 is 1.07 bits per heavy atom. The van der Waals surface area contributed by atoms with Gasteiger partial charge in [0.1, 0.15) is 5.69 Å². The summed E-state index contributed by atoms with van der Waals surface area (Å²) in [6.07, 6.45) is 7.05. The van der Waals surface area contributed by atoms with Crippen molar-refractivity contribution < 1.29 is 4.79 Å². The smallest absolute Gasteiger partial charge is 0.274 e. The minimum atomic E-state index is -0.145. The number of piperidine rings is 1. The number of fused-ring (bicyclic) bond motifs is 4. The zero-order valence-electron chi connectivity index (χ0n) is 15.2. The van der Waals surface area contributed by atoms with Crippen molar-refractivity contribution in [3.63, 3.8) is 0 Å². The largest absolute Gasteiger partial charge is 0.372 e. The summed E-state index contributed by atoms with van der Waals surface area (Å²) in [5, 5.41) is 3.77. The third-order valence-electron chi connectivity index (χ3n) is 5.68. The third kappa shape index (κ3) is 2.51. The van der Waals surface area contributed by atoms with Crippen LogP contribution in [-0.4, -0.2) is 38.4 Å². The number of likely N-dealkylation sites (tertiary alicyclic amines) is 1. The minimum absolute atomic E-state index is 0.0380. The van der Waals surface area contributed by atoms with Gasteiger partial charge in [-0.05, 0) is 44.0 Å². The van der Waals surface area contributed by atoms with E-state index in [2.05, 4.69) is 62.4 Å². The molecule has 4 heterocycles. The van der Waals surface area contributed by atoms with Gasteiger partial charge in [0.05, 0.1) is 28.8 Å². The van der Waals surface area contributed by atoms with Gasteiger partial charge in [0.2, 0.25) is 0 Å². The molecule has 0 bridgehead atoms. The second-order valence-electron chi connectivity index (χ2n) is 7.32. The molecule has 6 heteroatoms. The van der Waals surface area contributed by atoms with Crippen molar-refractivity contribution in [2.24, 2.45) is 0 Å². The normalized spacial score (nSPS) is 17.1. The predicted octanol–water partition coefficient (Wildman–Crippen LogP) is 3.13. The highest BCUT2D eigenvalue weighted by atomic mass is 16.2. The van der Waals surface area contributed by atoms with E-state index in [0.717, 1.165) is 24.2 Å². The first-order valence-electron chi connectivity index (χ1n) is 9.30. The third-order valence-corrected chi connectivity index (χ3v) is 5.68. The average Bonchev–Trinajstić information content (AvgIpc) is 3.20. The Morgan fingerprint density at radius 2 is 1.89 bits per heavy atom. The molecule has 0 atom stereocenters. The van der Waals surface area contributed by atoms with Crippen LogP contribution >= 0.6 is 0 Å². The van der Waals surface area contributed by atoms with Crippen molar-refractivity contribution in [2.75, 3.05) is 18.4 Å². The molecule has 3 aromatic rings. The van der Waals surface area contributed by atoms with Gasteiger partial charge in [-0.25, -0.2) is 4.98 Å². The highest BCUT2D eigenvalue weighted by Crippen LogP contribution is 2.43. The van der Waals surface area contributed by atoms with Crippen molar-refractivity contribution in [3.05, 3.63) is 72.1 Å². The number of benzene rings is 1. The highest BCUT2D eigenvalue weighted by molar-refractivity contribution is 5.92. The van der Waals surface area contributed by atoms with Crippen molar-refractivity contribution in [1.82, 2.24) is 19.4 Å². The van der Waals surface area contributed by atoms with E-state index in [1.807, 2.05) is 11.8 Å². The average molecular weight is 359 g/mol. The Labute approximate surface area is 157 Å². The van der Waals surface area contributed by atoms with Crippen LogP contribution in [0.25, 0.3) is 5.69 Å². The molecule has 1 amide bonds. The molecule has 1 N–H and O–H groups in total. The number of para-hydroxylation sites is 2. The molecule has 136 valence electrons. The molecule has 0 unspecified atom stereocenters. The Balaban J connectivity index is 1.40. The van der Waals surface area contributed by atoms with Crippen molar-refractivity contribution in [2.45, 2.75) is 25.3 Å². The van der Waals surface area contributed by atoms with Gasteiger partial charge in [0.25, 0.3) is 5.91 Å². The Kier molecular flexibility index (Phi) is 3.53. The molecule has 0 radical (unpaired) electrons. The van der Waals surface area contributed by atoms with Crippen LogP contribution in [0.5, 0.6) is 0 Å². The lowest BCUT2D eigenvalue weighted by Crippen LogP contribution is -2.51. The van der Waals surface area contributed by atoms with Crippen LogP contribution in [0.4, 0.5) is 5.69 Å². The summed E-state index contributed by atoms with van der Waals surface area (Å²) in [6.45, 7) is 3.25. The number of anilines is 1. The molecule has 0 saturated carbocycles. The van der Waals surface area contributed by atoms with Gasteiger partial charge < -0.3 is 14.8 Å². The summed E-state index contributed by atoms with van der Waals surface area (Å²) < 4.78 is 2.27. The van der Waals surface area contributed by atoms with Crippen LogP contribution < -0.4 is 5.32 Å². The minimum Gasteiger partial charge on any atom is -0.372 e. The molecule has 1 spiro atoms. The quantitative estimate of drug-likeness (QED) is 0.725. The standard InChI is InChI=1S/C21H21N5O/c1-15-13-23-17(14-22-15)20(27)25-11-8-21(9-12-25)19-7-4-10-26(19)18-6-3-2-5-16(18)24-21/h2-7,10,13-14,24H,8-9,11-12H2,1H3. The van der Waals surface area contributed by atoms with E-state index in [1.54, 1.807) is 12.4 Å². The molecule has 6 nitrogen and oxygen atoms in total. The van der Waals surface area contributed by atoms with Gasteiger partial charge >= 0.3 is 0 Å². The zero-order valence-corrected chi connectivity index (χ0v) is 15.2. The van der Waals surface area contributed by atoms with E-state index in [1.165, 1.54) is 11.4 Å². The summed E-state index contributed by atoms with van der Waals surface area (Å²) in [7, 11) is 0. The lowest BCUT2D eigenvalue weighted by atomic mass is 9.82. The number of aromatic nitrogens is 3. The van der Waals surface area contributed by atoms with E-state index in [4.69, 9.17) is 0 Å². The molecule has 1 fully saturated rings. The van der Waals surface area contributed by atoms with Gasteiger partial charge in [-0.3, -0.25) is 9.78 Å². The zero-order chi connectivity index (χ0) is 18.4. The van der Waals surface area contributed by atoms with Crippen LogP contribution in [0.3, 0.4) is 0 Å². The van der Waals surface area contributed by atoms with Crippen LogP contribution in [0.2, 0.25) is 0 Å². The number of carbonyl (C=O) groups is 1. The lowest BCUT2D eigenvalue weighted by Gasteiger charge is -2.46. The van der Waals surface area contributed by atoms with Gasteiger partial charge in [0, 0.05) is 31.2 Å². The van der Waals surface area contributed by atoms with Crippen LogP contribution in [0, 0.1) is 6.92 Å². The fourth-order valence-electron chi connectivity index (χ4n) is 4.23. The van der Waals surface area contributed by atoms with Crippen molar-refractivity contribution >= 4 is 11.6 Å².